The molecule has 4 aliphatic rings. The highest BCUT2D eigenvalue weighted by Gasteiger charge is 2.45. The van der Waals surface area contributed by atoms with E-state index in [1.54, 1.807) is 0 Å². The molecular formula is C16H31N5O2. The summed E-state index contributed by atoms with van der Waals surface area (Å²) in [4.78, 5) is 0. The second-order valence-corrected chi connectivity index (χ2v) is 7.47. The Labute approximate surface area is 138 Å². The van der Waals surface area contributed by atoms with Crippen molar-refractivity contribution in [2.75, 3.05) is 26.3 Å². The van der Waals surface area contributed by atoms with Gasteiger partial charge in [-0.15, -0.1) is 0 Å². The summed E-state index contributed by atoms with van der Waals surface area (Å²) in [6.45, 7) is 5.64. The van der Waals surface area contributed by atoms with Gasteiger partial charge in [0, 0.05) is 25.2 Å². The first-order chi connectivity index (χ1) is 11.3. The van der Waals surface area contributed by atoms with E-state index in [0.29, 0.717) is 36.3 Å². The predicted molar refractivity (Wildman–Crippen MR) is 87.2 cm³/mol. The van der Waals surface area contributed by atoms with Gasteiger partial charge in [-0.25, -0.2) is 10.9 Å². The van der Waals surface area contributed by atoms with Gasteiger partial charge < -0.3 is 9.47 Å². The van der Waals surface area contributed by atoms with Gasteiger partial charge in [0.2, 0.25) is 0 Å². The Bertz CT molecular complexity index is 399. The third-order valence-electron chi connectivity index (χ3n) is 5.79. The maximum Gasteiger partial charge on any atom is 0.0622 e. The topological polar surface area (TPSA) is 69.8 Å². The van der Waals surface area contributed by atoms with Gasteiger partial charge in [0.15, 0.2) is 0 Å². The molecule has 7 heteroatoms. The summed E-state index contributed by atoms with van der Waals surface area (Å²) >= 11 is 0. The molecule has 0 amide bonds. The molecule has 0 aromatic carbocycles. The Morgan fingerprint density at radius 1 is 1.04 bits per heavy atom. The summed E-state index contributed by atoms with van der Waals surface area (Å²) in [5, 5.41) is 2.10. The Balaban J connectivity index is 1.45. The van der Waals surface area contributed by atoms with Gasteiger partial charge in [0.1, 0.15) is 0 Å². The van der Waals surface area contributed by atoms with Crippen LogP contribution in [0.3, 0.4) is 0 Å². The maximum atomic E-state index is 6.34. The van der Waals surface area contributed by atoms with Crippen molar-refractivity contribution in [3.8, 4) is 0 Å². The van der Waals surface area contributed by atoms with Gasteiger partial charge in [-0.05, 0) is 44.9 Å². The number of hydrogen-bond donors (Lipinski definition) is 4. The molecule has 7 atom stereocenters. The van der Waals surface area contributed by atoms with Crippen molar-refractivity contribution in [3.63, 3.8) is 0 Å². The highest BCUT2D eigenvalue weighted by Crippen LogP contribution is 2.34. The number of ether oxygens (including phenoxy) is 2. The van der Waals surface area contributed by atoms with Gasteiger partial charge in [-0.1, -0.05) is 0 Å². The molecule has 7 nitrogen and oxygen atoms in total. The first-order valence-electron chi connectivity index (χ1n) is 9.31. The van der Waals surface area contributed by atoms with Gasteiger partial charge in [0.05, 0.1) is 31.4 Å². The van der Waals surface area contributed by atoms with Crippen molar-refractivity contribution in [1.29, 1.82) is 0 Å². The van der Waals surface area contributed by atoms with Gasteiger partial charge in [-0.3, -0.25) is 10.9 Å². The largest absolute Gasteiger partial charge is 0.380 e. The Kier molecular flexibility index (Phi) is 5.15. The van der Waals surface area contributed by atoms with Crippen molar-refractivity contribution in [2.24, 2.45) is 5.92 Å². The molecule has 3 aliphatic heterocycles. The third kappa shape index (κ3) is 3.71. The van der Waals surface area contributed by atoms with E-state index in [0.717, 1.165) is 45.6 Å². The van der Waals surface area contributed by atoms with Crippen LogP contribution in [-0.4, -0.2) is 61.8 Å². The summed E-state index contributed by atoms with van der Waals surface area (Å²) in [7, 11) is 0. The SMILES string of the molecule is C[C@H]1CCCOCCN2NCC(N2)C2NNC3CCC(CC32)O1. The average molecular weight is 325 g/mol. The average Bonchev–Trinajstić information content (AvgIpc) is 3.16. The molecule has 0 radical (unpaired) electrons. The van der Waals surface area contributed by atoms with Crippen LogP contribution in [0.25, 0.3) is 0 Å². The van der Waals surface area contributed by atoms with Crippen LogP contribution in [0, 0.1) is 5.92 Å². The van der Waals surface area contributed by atoms with Gasteiger partial charge >= 0.3 is 0 Å². The lowest BCUT2D eigenvalue weighted by Gasteiger charge is -2.35. The zero-order chi connectivity index (χ0) is 15.6. The van der Waals surface area contributed by atoms with Crippen LogP contribution < -0.4 is 21.7 Å². The van der Waals surface area contributed by atoms with E-state index in [2.05, 4.69) is 33.7 Å². The van der Waals surface area contributed by atoms with Crippen molar-refractivity contribution in [2.45, 2.75) is 69.4 Å². The smallest absolute Gasteiger partial charge is 0.0622 e. The standard InChI is InChI=1S/C16H31N5O2/c1-11-3-2-7-22-8-6-21-17-10-15(20-21)16-13-9-12(23-11)4-5-14(13)18-19-16/h11-20H,2-10H2,1H3/t11-,12?,13?,14?,15?,16?/m0/s1. The second kappa shape index (κ2) is 7.31. The van der Waals surface area contributed by atoms with Gasteiger partial charge in [0.25, 0.3) is 0 Å². The van der Waals surface area contributed by atoms with Crippen LogP contribution in [-0.2, 0) is 9.47 Å². The van der Waals surface area contributed by atoms with Crippen LogP contribution >= 0.6 is 0 Å². The van der Waals surface area contributed by atoms with E-state index in [9.17, 15) is 0 Å². The normalized spacial score (nSPS) is 48.7. The molecular weight excluding hydrogens is 294 g/mol. The third-order valence-corrected chi connectivity index (χ3v) is 5.79. The fraction of sp³-hybridized carbons (Fsp3) is 1.00. The lowest BCUT2D eigenvalue weighted by atomic mass is 9.78. The molecule has 4 fully saturated rings. The molecule has 6 unspecified atom stereocenters. The van der Waals surface area contributed by atoms with Crippen molar-refractivity contribution in [3.05, 3.63) is 0 Å². The molecule has 4 rings (SSSR count). The van der Waals surface area contributed by atoms with E-state index < -0.39 is 0 Å². The lowest BCUT2D eigenvalue weighted by Crippen LogP contribution is -2.51. The molecule has 3 saturated heterocycles. The number of nitrogens with zero attached hydrogens (tertiary/aromatic N) is 1. The fourth-order valence-corrected chi connectivity index (χ4v) is 4.55. The number of hydrogen-bond acceptors (Lipinski definition) is 7. The molecule has 0 aromatic heterocycles. The van der Waals surface area contributed by atoms with Crippen LogP contribution in [0.4, 0.5) is 0 Å². The molecule has 4 bridgehead atoms. The minimum absolute atomic E-state index is 0.339. The van der Waals surface area contributed by atoms with E-state index in [1.165, 1.54) is 12.8 Å². The van der Waals surface area contributed by atoms with E-state index in [1.807, 2.05) is 0 Å². The quantitative estimate of drug-likeness (QED) is 0.496. The molecule has 3 heterocycles. The summed E-state index contributed by atoms with van der Waals surface area (Å²) in [5.74, 6) is 0.640. The monoisotopic (exact) mass is 325 g/mol. The minimum atomic E-state index is 0.339. The first kappa shape index (κ1) is 16.2. The fourth-order valence-electron chi connectivity index (χ4n) is 4.55. The highest BCUT2D eigenvalue weighted by molar-refractivity contribution is 5.02. The molecule has 1 aliphatic carbocycles. The Morgan fingerprint density at radius 2 is 2.00 bits per heavy atom. The number of nitrogens with one attached hydrogen (secondary N) is 4. The maximum absolute atomic E-state index is 6.34. The molecule has 132 valence electrons. The first-order valence-corrected chi connectivity index (χ1v) is 9.31. The zero-order valence-electron chi connectivity index (χ0n) is 14.1. The summed E-state index contributed by atoms with van der Waals surface area (Å²) < 4.78 is 12.1. The van der Waals surface area contributed by atoms with E-state index >= 15 is 0 Å². The van der Waals surface area contributed by atoms with E-state index in [4.69, 9.17) is 9.47 Å². The lowest BCUT2D eigenvalue weighted by molar-refractivity contribution is -0.0417. The Morgan fingerprint density at radius 3 is 2.96 bits per heavy atom. The van der Waals surface area contributed by atoms with Crippen molar-refractivity contribution < 1.29 is 9.47 Å². The van der Waals surface area contributed by atoms with Crippen LogP contribution in [0.5, 0.6) is 0 Å². The predicted octanol–water partition coefficient (Wildman–Crippen LogP) is -0.0910. The van der Waals surface area contributed by atoms with Crippen molar-refractivity contribution in [1.82, 2.24) is 26.8 Å². The van der Waals surface area contributed by atoms with Crippen LogP contribution in [0.15, 0.2) is 0 Å². The molecule has 4 N–H and O–H groups in total. The number of hydrazine groups is 3. The molecule has 0 aromatic rings. The Hall–Kier alpha value is -0.280. The van der Waals surface area contributed by atoms with E-state index in [-0.39, 0.29) is 0 Å². The minimum Gasteiger partial charge on any atom is -0.380 e. The van der Waals surface area contributed by atoms with Crippen molar-refractivity contribution >= 4 is 0 Å². The zero-order valence-corrected chi connectivity index (χ0v) is 14.1. The molecule has 1 saturated carbocycles. The van der Waals surface area contributed by atoms with Crippen LogP contribution in [0.2, 0.25) is 0 Å². The molecule has 23 heavy (non-hydrogen) atoms. The number of fused-ring (bicyclic) bond motifs is 4. The molecule has 0 spiro atoms. The van der Waals surface area contributed by atoms with Gasteiger partial charge in [-0.2, -0.15) is 5.12 Å². The summed E-state index contributed by atoms with van der Waals surface area (Å²) in [5.41, 5.74) is 14.1. The summed E-state index contributed by atoms with van der Waals surface area (Å²) in [6, 6.07) is 1.45. The highest BCUT2D eigenvalue weighted by atomic mass is 16.5. The number of rotatable bonds is 0. The van der Waals surface area contributed by atoms with Crippen LogP contribution in [0.1, 0.15) is 39.0 Å². The second-order valence-electron chi connectivity index (χ2n) is 7.47. The summed E-state index contributed by atoms with van der Waals surface area (Å²) in [6.07, 6.45) is 6.46.